The molecule has 0 N–H and O–H groups in total. The van der Waals surface area contributed by atoms with Gasteiger partial charge in [0.25, 0.3) is 0 Å². The molecule has 1 rings (SSSR count). The van der Waals surface area contributed by atoms with E-state index in [1.54, 1.807) is 12.1 Å². The van der Waals surface area contributed by atoms with E-state index >= 15 is 0 Å². The first-order chi connectivity index (χ1) is 7.27. The van der Waals surface area contributed by atoms with Crippen LogP contribution in [-0.2, 0) is 10.6 Å². The highest BCUT2D eigenvalue weighted by atomic mass is 35.5. The standard InChI is InChI=1S/C12H15ClO2/c1-2-3-8-15-12(14)11-6-4-10(9-13)5-7-11/h4-7H,2-3,8-9H2,1H3. The van der Waals surface area contributed by atoms with E-state index < -0.39 is 0 Å². The van der Waals surface area contributed by atoms with E-state index in [-0.39, 0.29) is 5.97 Å². The minimum atomic E-state index is -0.260. The van der Waals surface area contributed by atoms with Gasteiger partial charge in [0.2, 0.25) is 0 Å². The van der Waals surface area contributed by atoms with E-state index in [0.29, 0.717) is 18.1 Å². The van der Waals surface area contributed by atoms with Crippen LogP contribution in [0.15, 0.2) is 24.3 Å². The number of hydrogen-bond acceptors (Lipinski definition) is 2. The molecule has 0 bridgehead atoms. The largest absolute Gasteiger partial charge is 0.462 e. The SMILES string of the molecule is CCCCOC(=O)c1ccc(CCl)cc1. The fourth-order valence-electron chi connectivity index (χ4n) is 1.12. The van der Waals surface area contributed by atoms with Crippen LogP contribution in [0.3, 0.4) is 0 Å². The van der Waals surface area contributed by atoms with E-state index in [9.17, 15) is 4.79 Å². The average molecular weight is 227 g/mol. The highest BCUT2D eigenvalue weighted by Gasteiger charge is 2.05. The zero-order chi connectivity index (χ0) is 11.1. The molecule has 0 saturated carbocycles. The molecule has 0 heterocycles. The molecular weight excluding hydrogens is 212 g/mol. The van der Waals surface area contributed by atoms with Crippen molar-refractivity contribution in [1.29, 1.82) is 0 Å². The van der Waals surface area contributed by atoms with Gasteiger partial charge in [0.1, 0.15) is 0 Å². The molecule has 0 unspecified atom stereocenters. The summed E-state index contributed by atoms with van der Waals surface area (Å²) in [6, 6.07) is 7.16. The highest BCUT2D eigenvalue weighted by Crippen LogP contribution is 2.08. The van der Waals surface area contributed by atoms with Crippen molar-refractivity contribution in [3.63, 3.8) is 0 Å². The average Bonchev–Trinajstić information content (AvgIpc) is 2.29. The third-order valence-corrected chi connectivity index (χ3v) is 2.38. The third-order valence-electron chi connectivity index (χ3n) is 2.07. The zero-order valence-corrected chi connectivity index (χ0v) is 9.59. The van der Waals surface area contributed by atoms with Gasteiger partial charge in [-0.05, 0) is 24.1 Å². The second-order valence-corrected chi connectivity index (χ2v) is 3.59. The summed E-state index contributed by atoms with van der Waals surface area (Å²) >= 11 is 5.65. The van der Waals surface area contributed by atoms with Gasteiger partial charge in [-0.1, -0.05) is 25.5 Å². The van der Waals surface area contributed by atoms with Gasteiger partial charge in [0, 0.05) is 5.88 Å². The number of esters is 1. The first-order valence-electron chi connectivity index (χ1n) is 5.10. The second kappa shape index (κ2) is 6.46. The Bertz CT molecular complexity index is 306. The van der Waals surface area contributed by atoms with Crippen molar-refractivity contribution in [3.8, 4) is 0 Å². The molecule has 0 aliphatic rings. The Hall–Kier alpha value is -1.02. The Balaban J connectivity index is 2.50. The van der Waals surface area contributed by atoms with Gasteiger partial charge < -0.3 is 4.74 Å². The lowest BCUT2D eigenvalue weighted by atomic mass is 10.1. The van der Waals surface area contributed by atoms with Crippen LogP contribution < -0.4 is 0 Å². The summed E-state index contributed by atoms with van der Waals surface area (Å²) in [5.41, 5.74) is 1.58. The number of benzene rings is 1. The summed E-state index contributed by atoms with van der Waals surface area (Å²) in [6.45, 7) is 2.55. The van der Waals surface area contributed by atoms with Gasteiger partial charge >= 0.3 is 5.97 Å². The predicted molar refractivity (Wildman–Crippen MR) is 61.2 cm³/mol. The number of alkyl halides is 1. The molecule has 0 saturated heterocycles. The Kier molecular flexibility index (Phi) is 5.19. The van der Waals surface area contributed by atoms with Crippen molar-refractivity contribution in [3.05, 3.63) is 35.4 Å². The Morgan fingerprint density at radius 1 is 1.33 bits per heavy atom. The number of hydrogen-bond donors (Lipinski definition) is 0. The van der Waals surface area contributed by atoms with E-state index in [4.69, 9.17) is 16.3 Å². The number of ether oxygens (including phenoxy) is 1. The molecule has 0 atom stereocenters. The molecule has 2 nitrogen and oxygen atoms in total. The lowest BCUT2D eigenvalue weighted by Crippen LogP contribution is -2.06. The fourth-order valence-corrected chi connectivity index (χ4v) is 1.30. The lowest BCUT2D eigenvalue weighted by Gasteiger charge is -2.04. The summed E-state index contributed by atoms with van der Waals surface area (Å²) in [5, 5.41) is 0. The number of carbonyl (C=O) groups excluding carboxylic acids is 1. The van der Waals surface area contributed by atoms with Crippen molar-refractivity contribution in [2.45, 2.75) is 25.6 Å². The maximum absolute atomic E-state index is 11.5. The van der Waals surface area contributed by atoms with Gasteiger partial charge in [-0.2, -0.15) is 0 Å². The molecule has 0 aliphatic heterocycles. The van der Waals surface area contributed by atoms with Gasteiger partial charge in [-0.3, -0.25) is 0 Å². The second-order valence-electron chi connectivity index (χ2n) is 3.32. The Morgan fingerprint density at radius 2 is 2.00 bits per heavy atom. The first kappa shape index (κ1) is 12.1. The Labute approximate surface area is 95.2 Å². The van der Waals surface area contributed by atoms with Gasteiger partial charge in [0.15, 0.2) is 0 Å². The molecule has 0 spiro atoms. The number of unbranched alkanes of at least 4 members (excludes halogenated alkanes) is 1. The smallest absolute Gasteiger partial charge is 0.338 e. The van der Waals surface area contributed by atoms with Crippen molar-refractivity contribution in [1.82, 2.24) is 0 Å². The molecule has 1 aromatic rings. The zero-order valence-electron chi connectivity index (χ0n) is 8.83. The normalized spacial score (nSPS) is 10.0. The molecule has 3 heteroatoms. The minimum absolute atomic E-state index is 0.260. The third kappa shape index (κ3) is 3.92. The molecule has 0 aromatic heterocycles. The van der Waals surface area contributed by atoms with Crippen LogP contribution >= 0.6 is 11.6 Å². The topological polar surface area (TPSA) is 26.3 Å². The van der Waals surface area contributed by atoms with Crippen LogP contribution in [0.1, 0.15) is 35.7 Å². The van der Waals surface area contributed by atoms with Crippen LogP contribution in [0, 0.1) is 0 Å². The number of halogens is 1. The van der Waals surface area contributed by atoms with Crippen molar-refractivity contribution in [2.24, 2.45) is 0 Å². The van der Waals surface area contributed by atoms with Crippen molar-refractivity contribution >= 4 is 17.6 Å². The summed E-state index contributed by atoms with van der Waals surface area (Å²) in [7, 11) is 0. The number of rotatable bonds is 5. The van der Waals surface area contributed by atoms with Crippen LogP contribution in [0.25, 0.3) is 0 Å². The van der Waals surface area contributed by atoms with Crippen molar-refractivity contribution in [2.75, 3.05) is 6.61 Å². The molecular formula is C12H15ClO2. The van der Waals surface area contributed by atoms with Crippen LogP contribution in [0.2, 0.25) is 0 Å². The summed E-state index contributed by atoms with van der Waals surface area (Å²) in [5.74, 6) is 0.204. The molecule has 1 aromatic carbocycles. The fraction of sp³-hybridized carbons (Fsp3) is 0.417. The van der Waals surface area contributed by atoms with Gasteiger partial charge in [-0.15, -0.1) is 11.6 Å². The quantitative estimate of drug-likeness (QED) is 0.437. The van der Waals surface area contributed by atoms with Crippen LogP contribution in [0.5, 0.6) is 0 Å². The maximum Gasteiger partial charge on any atom is 0.338 e. The van der Waals surface area contributed by atoms with E-state index in [0.717, 1.165) is 18.4 Å². The summed E-state index contributed by atoms with van der Waals surface area (Å²) in [6.07, 6.45) is 1.93. The summed E-state index contributed by atoms with van der Waals surface area (Å²) in [4.78, 5) is 11.5. The van der Waals surface area contributed by atoms with Crippen molar-refractivity contribution < 1.29 is 9.53 Å². The van der Waals surface area contributed by atoms with E-state index in [1.807, 2.05) is 12.1 Å². The Morgan fingerprint density at radius 3 is 2.53 bits per heavy atom. The number of carbonyl (C=O) groups is 1. The molecule has 0 amide bonds. The molecule has 0 fully saturated rings. The summed E-state index contributed by atoms with van der Waals surface area (Å²) < 4.78 is 5.07. The monoisotopic (exact) mass is 226 g/mol. The van der Waals surface area contributed by atoms with E-state index in [1.165, 1.54) is 0 Å². The molecule has 0 radical (unpaired) electrons. The van der Waals surface area contributed by atoms with Crippen LogP contribution in [-0.4, -0.2) is 12.6 Å². The first-order valence-corrected chi connectivity index (χ1v) is 5.63. The predicted octanol–water partition coefficient (Wildman–Crippen LogP) is 3.38. The molecule has 15 heavy (non-hydrogen) atoms. The van der Waals surface area contributed by atoms with Gasteiger partial charge in [0.05, 0.1) is 12.2 Å². The van der Waals surface area contributed by atoms with Crippen LogP contribution in [0.4, 0.5) is 0 Å². The van der Waals surface area contributed by atoms with Gasteiger partial charge in [-0.25, -0.2) is 4.79 Å². The molecule has 82 valence electrons. The van der Waals surface area contributed by atoms with E-state index in [2.05, 4.69) is 6.92 Å². The molecule has 0 aliphatic carbocycles. The highest BCUT2D eigenvalue weighted by molar-refractivity contribution is 6.17. The lowest BCUT2D eigenvalue weighted by molar-refractivity contribution is 0.0500. The maximum atomic E-state index is 11.5. The minimum Gasteiger partial charge on any atom is -0.462 e.